The van der Waals surface area contributed by atoms with Gasteiger partial charge in [-0.15, -0.1) is 10.2 Å². The normalized spacial score (nSPS) is 13.3. The molecule has 3 aromatic rings. The molecule has 0 bridgehead atoms. The number of carbonyl (C=O) groups is 1. The van der Waals surface area contributed by atoms with Crippen LogP contribution in [0.5, 0.6) is 0 Å². The Balaban J connectivity index is 1.43. The number of carbonyl (C=O) groups excluding carboxylic acids is 1. The number of amides is 1. The van der Waals surface area contributed by atoms with E-state index >= 15 is 0 Å². The standard InChI is InChI=1S/C21H22N4O/c1-15-5-7-16(8-6-15)14-20(26)22-18-11-9-17(10-12-18)21-24-23-19-4-2-3-13-25(19)21/h5-12H,2-4,13-14H2,1H3,(H,22,26). The van der Waals surface area contributed by atoms with Crippen LogP contribution in [0.4, 0.5) is 5.69 Å². The van der Waals surface area contributed by atoms with Crippen molar-refractivity contribution in [1.29, 1.82) is 0 Å². The van der Waals surface area contributed by atoms with Gasteiger partial charge in [0, 0.05) is 24.2 Å². The lowest BCUT2D eigenvalue weighted by Crippen LogP contribution is -2.14. The van der Waals surface area contributed by atoms with Gasteiger partial charge in [-0.25, -0.2) is 0 Å². The molecule has 26 heavy (non-hydrogen) atoms. The van der Waals surface area contributed by atoms with E-state index in [1.54, 1.807) is 0 Å². The molecule has 1 aliphatic rings. The molecule has 5 heteroatoms. The van der Waals surface area contributed by atoms with Gasteiger partial charge in [-0.1, -0.05) is 29.8 Å². The van der Waals surface area contributed by atoms with Crippen molar-refractivity contribution in [3.63, 3.8) is 0 Å². The molecule has 132 valence electrons. The van der Waals surface area contributed by atoms with Crippen LogP contribution in [-0.2, 0) is 24.2 Å². The van der Waals surface area contributed by atoms with Crippen LogP contribution in [0.3, 0.4) is 0 Å². The fraction of sp³-hybridized carbons (Fsp3) is 0.286. The van der Waals surface area contributed by atoms with E-state index in [1.807, 2.05) is 55.5 Å². The predicted molar refractivity (Wildman–Crippen MR) is 102 cm³/mol. The highest BCUT2D eigenvalue weighted by Crippen LogP contribution is 2.24. The van der Waals surface area contributed by atoms with Crippen LogP contribution in [0, 0.1) is 6.92 Å². The van der Waals surface area contributed by atoms with E-state index in [9.17, 15) is 4.79 Å². The molecule has 0 spiro atoms. The third kappa shape index (κ3) is 3.52. The molecule has 0 saturated carbocycles. The molecule has 2 heterocycles. The lowest BCUT2D eigenvalue weighted by atomic mass is 10.1. The van der Waals surface area contributed by atoms with Gasteiger partial charge in [0.25, 0.3) is 0 Å². The van der Waals surface area contributed by atoms with Crippen molar-refractivity contribution in [1.82, 2.24) is 14.8 Å². The molecule has 1 aliphatic heterocycles. The highest BCUT2D eigenvalue weighted by molar-refractivity contribution is 5.92. The first-order valence-corrected chi connectivity index (χ1v) is 9.07. The van der Waals surface area contributed by atoms with Gasteiger partial charge in [0.05, 0.1) is 6.42 Å². The van der Waals surface area contributed by atoms with Crippen molar-refractivity contribution in [2.45, 2.75) is 39.2 Å². The summed E-state index contributed by atoms with van der Waals surface area (Å²) in [6.07, 6.45) is 3.73. The molecule has 5 nitrogen and oxygen atoms in total. The molecular formula is C21H22N4O. The first-order valence-electron chi connectivity index (χ1n) is 9.07. The quantitative estimate of drug-likeness (QED) is 0.782. The molecule has 0 saturated heterocycles. The smallest absolute Gasteiger partial charge is 0.228 e. The maximum absolute atomic E-state index is 12.2. The van der Waals surface area contributed by atoms with Crippen LogP contribution in [0.15, 0.2) is 48.5 Å². The van der Waals surface area contributed by atoms with Gasteiger partial charge in [0.2, 0.25) is 5.91 Å². The number of fused-ring (bicyclic) bond motifs is 1. The van der Waals surface area contributed by atoms with Gasteiger partial charge in [0.15, 0.2) is 5.82 Å². The van der Waals surface area contributed by atoms with Crippen molar-refractivity contribution in [2.75, 3.05) is 5.32 Å². The van der Waals surface area contributed by atoms with Crippen LogP contribution in [0.2, 0.25) is 0 Å². The maximum atomic E-state index is 12.2. The van der Waals surface area contributed by atoms with E-state index in [-0.39, 0.29) is 5.91 Å². The fourth-order valence-corrected chi connectivity index (χ4v) is 3.32. The van der Waals surface area contributed by atoms with Gasteiger partial charge < -0.3 is 9.88 Å². The zero-order chi connectivity index (χ0) is 17.9. The molecule has 4 rings (SSSR count). The summed E-state index contributed by atoms with van der Waals surface area (Å²) in [5, 5.41) is 11.6. The van der Waals surface area contributed by atoms with E-state index in [0.29, 0.717) is 6.42 Å². The molecule has 0 aliphatic carbocycles. The number of anilines is 1. The number of rotatable bonds is 4. The molecule has 1 aromatic heterocycles. The zero-order valence-corrected chi connectivity index (χ0v) is 14.9. The minimum atomic E-state index is -0.0125. The molecule has 0 unspecified atom stereocenters. The SMILES string of the molecule is Cc1ccc(CC(=O)Nc2ccc(-c3nnc4n3CCCC4)cc2)cc1. The highest BCUT2D eigenvalue weighted by atomic mass is 16.1. The molecule has 1 amide bonds. The lowest BCUT2D eigenvalue weighted by Gasteiger charge is -2.14. The summed E-state index contributed by atoms with van der Waals surface area (Å²) in [6, 6.07) is 15.9. The number of hydrogen-bond donors (Lipinski definition) is 1. The van der Waals surface area contributed by atoms with Crippen LogP contribution < -0.4 is 5.32 Å². The maximum Gasteiger partial charge on any atom is 0.228 e. The Morgan fingerprint density at radius 1 is 1.04 bits per heavy atom. The third-order valence-corrected chi connectivity index (χ3v) is 4.77. The van der Waals surface area contributed by atoms with Crippen molar-refractivity contribution in [3.05, 3.63) is 65.5 Å². The monoisotopic (exact) mass is 346 g/mol. The molecule has 0 fully saturated rings. The number of hydrogen-bond acceptors (Lipinski definition) is 3. The minimum Gasteiger partial charge on any atom is -0.326 e. The number of nitrogens with one attached hydrogen (secondary N) is 1. The molecule has 0 atom stereocenters. The number of aromatic nitrogens is 3. The van der Waals surface area contributed by atoms with Gasteiger partial charge in [0.1, 0.15) is 5.82 Å². The Labute approximate surface area is 153 Å². The zero-order valence-electron chi connectivity index (χ0n) is 14.9. The second kappa shape index (κ2) is 7.12. The Morgan fingerprint density at radius 3 is 2.58 bits per heavy atom. The first kappa shape index (κ1) is 16.5. The fourth-order valence-electron chi connectivity index (χ4n) is 3.32. The second-order valence-electron chi connectivity index (χ2n) is 6.84. The third-order valence-electron chi connectivity index (χ3n) is 4.77. The van der Waals surface area contributed by atoms with E-state index in [1.165, 1.54) is 18.4 Å². The summed E-state index contributed by atoms with van der Waals surface area (Å²) in [6.45, 7) is 3.02. The molecule has 2 aromatic carbocycles. The Hall–Kier alpha value is -2.95. The summed E-state index contributed by atoms with van der Waals surface area (Å²) < 4.78 is 2.20. The predicted octanol–water partition coefficient (Wildman–Crippen LogP) is 3.77. The summed E-state index contributed by atoms with van der Waals surface area (Å²) in [7, 11) is 0. The van der Waals surface area contributed by atoms with E-state index in [0.717, 1.165) is 41.4 Å². The summed E-state index contributed by atoms with van der Waals surface area (Å²) >= 11 is 0. The molecular weight excluding hydrogens is 324 g/mol. The average molecular weight is 346 g/mol. The van der Waals surface area contributed by atoms with Gasteiger partial charge >= 0.3 is 0 Å². The van der Waals surface area contributed by atoms with Crippen molar-refractivity contribution in [2.24, 2.45) is 0 Å². The van der Waals surface area contributed by atoms with E-state index < -0.39 is 0 Å². The largest absolute Gasteiger partial charge is 0.326 e. The van der Waals surface area contributed by atoms with Crippen molar-refractivity contribution >= 4 is 11.6 Å². The summed E-state index contributed by atoms with van der Waals surface area (Å²) in [4.78, 5) is 12.2. The highest BCUT2D eigenvalue weighted by Gasteiger charge is 2.16. The first-order chi connectivity index (χ1) is 12.7. The number of nitrogens with zero attached hydrogens (tertiary/aromatic N) is 3. The van der Waals surface area contributed by atoms with Gasteiger partial charge in [-0.2, -0.15) is 0 Å². The Kier molecular flexibility index (Phi) is 4.52. The van der Waals surface area contributed by atoms with Crippen molar-refractivity contribution < 1.29 is 4.79 Å². The second-order valence-corrected chi connectivity index (χ2v) is 6.84. The summed E-state index contributed by atoms with van der Waals surface area (Å²) in [5.74, 6) is 1.97. The van der Waals surface area contributed by atoms with Gasteiger partial charge in [-0.05, 0) is 49.6 Å². The van der Waals surface area contributed by atoms with E-state index in [2.05, 4.69) is 20.1 Å². The molecule has 1 N–H and O–H groups in total. The topological polar surface area (TPSA) is 59.8 Å². The lowest BCUT2D eigenvalue weighted by molar-refractivity contribution is -0.115. The van der Waals surface area contributed by atoms with E-state index in [4.69, 9.17) is 0 Å². The van der Waals surface area contributed by atoms with Crippen LogP contribution in [0.25, 0.3) is 11.4 Å². The van der Waals surface area contributed by atoms with Crippen LogP contribution in [0.1, 0.15) is 29.8 Å². The number of benzene rings is 2. The Bertz CT molecular complexity index is 910. The average Bonchev–Trinajstić information content (AvgIpc) is 3.08. The van der Waals surface area contributed by atoms with Crippen LogP contribution >= 0.6 is 0 Å². The minimum absolute atomic E-state index is 0.0125. The summed E-state index contributed by atoms with van der Waals surface area (Å²) in [5.41, 5.74) is 4.03. The number of aryl methyl sites for hydroxylation is 2. The van der Waals surface area contributed by atoms with Crippen molar-refractivity contribution in [3.8, 4) is 11.4 Å². The van der Waals surface area contributed by atoms with Crippen LogP contribution in [-0.4, -0.2) is 20.7 Å². The molecule has 0 radical (unpaired) electrons. The van der Waals surface area contributed by atoms with Gasteiger partial charge in [-0.3, -0.25) is 4.79 Å². The Morgan fingerprint density at radius 2 is 1.81 bits per heavy atom.